The lowest BCUT2D eigenvalue weighted by Crippen LogP contribution is -2.27. The van der Waals surface area contributed by atoms with Crippen molar-refractivity contribution in [3.8, 4) is 0 Å². The zero-order valence-corrected chi connectivity index (χ0v) is 12.2. The molecule has 1 atom stereocenters. The van der Waals surface area contributed by atoms with Gasteiger partial charge in [-0.1, -0.05) is 13.8 Å². The second-order valence-electron chi connectivity index (χ2n) is 5.18. The van der Waals surface area contributed by atoms with Crippen LogP contribution < -0.4 is 16.4 Å². The number of benzene rings is 1. The van der Waals surface area contributed by atoms with Crippen LogP contribution in [0.4, 0.5) is 5.69 Å². The Hall–Kier alpha value is -1.59. The third-order valence-electron chi connectivity index (χ3n) is 3.36. The minimum Gasteiger partial charge on any atom is -0.395 e. The third kappa shape index (κ3) is 5.19. The number of carbonyl (C=O) groups excluding carboxylic acids is 1. The second-order valence-corrected chi connectivity index (χ2v) is 5.18. The molecule has 112 valence electrons. The van der Waals surface area contributed by atoms with E-state index < -0.39 is 0 Å². The molecule has 0 saturated heterocycles. The lowest BCUT2D eigenvalue weighted by molar-refractivity contribution is 0.0945. The predicted octanol–water partition coefficient (Wildman–Crippen LogP) is 1.05. The fourth-order valence-corrected chi connectivity index (χ4v) is 1.85. The number of rotatable bonds is 8. The Morgan fingerprint density at radius 2 is 1.95 bits per heavy atom. The Kier molecular flexibility index (Phi) is 7.04. The van der Waals surface area contributed by atoms with Crippen molar-refractivity contribution in [1.29, 1.82) is 0 Å². The van der Waals surface area contributed by atoms with Gasteiger partial charge in [0.15, 0.2) is 0 Å². The second kappa shape index (κ2) is 8.55. The van der Waals surface area contributed by atoms with Gasteiger partial charge in [-0.05, 0) is 42.6 Å². The van der Waals surface area contributed by atoms with Gasteiger partial charge in [0.2, 0.25) is 0 Å². The number of anilines is 1. The lowest BCUT2D eigenvalue weighted by atomic mass is 9.96. The summed E-state index contributed by atoms with van der Waals surface area (Å²) in [6.07, 6.45) is 0. The molecule has 5 N–H and O–H groups in total. The van der Waals surface area contributed by atoms with Crippen LogP contribution in [0.3, 0.4) is 0 Å². The number of amides is 1. The van der Waals surface area contributed by atoms with Crippen molar-refractivity contribution in [2.75, 3.05) is 31.6 Å². The molecular weight excluding hydrogens is 254 g/mol. The number of carbonyl (C=O) groups is 1. The largest absolute Gasteiger partial charge is 0.395 e. The molecule has 0 saturated carbocycles. The summed E-state index contributed by atoms with van der Waals surface area (Å²) in [6.45, 7) is 6.02. The van der Waals surface area contributed by atoms with Gasteiger partial charge in [0.1, 0.15) is 0 Å². The summed E-state index contributed by atoms with van der Waals surface area (Å²) in [5, 5.41) is 14.6. The number of nitrogens with one attached hydrogen (secondary N) is 2. The maximum Gasteiger partial charge on any atom is 0.251 e. The Morgan fingerprint density at radius 3 is 2.45 bits per heavy atom. The molecule has 0 fully saturated rings. The maximum absolute atomic E-state index is 11.7. The van der Waals surface area contributed by atoms with E-state index in [1.54, 1.807) is 12.1 Å². The lowest BCUT2D eigenvalue weighted by Gasteiger charge is -2.20. The quantitative estimate of drug-likeness (QED) is 0.573. The molecule has 20 heavy (non-hydrogen) atoms. The number of aliphatic hydroxyl groups excluding tert-OH is 1. The monoisotopic (exact) mass is 279 g/mol. The summed E-state index contributed by atoms with van der Waals surface area (Å²) in [5.74, 6) is 0.797. The predicted molar refractivity (Wildman–Crippen MR) is 81.7 cm³/mol. The molecule has 0 spiro atoms. The molecule has 5 nitrogen and oxygen atoms in total. The van der Waals surface area contributed by atoms with E-state index in [1.807, 2.05) is 12.1 Å². The SMILES string of the molecule is CC(C)C(CN)CNc1ccc(C(=O)NCCO)cc1. The molecule has 0 heterocycles. The summed E-state index contributed by atoms with van der Waals surface area (Å²) in [6, 6.07) is 7.28. The Morgan fingerprint density at radius 1 is 1.30 bits per heavy atom. The van der Waals surface area contributed by atoms with Crippen LogP contribution in [0.15, 0.2) is 24.3 Å². The Labute approximate surface area is 120 Å². The van der Waals surface area contributed by atoms with Gasteiger partial charge in [0.05, 0.1) is 6.61 Å². The van der Waals surface area contributed by atoms with Gasteiger partial charge in [-0.15, -0.1) is 0 Å². The number of hydrogen-bond donors (Lipinski definition) is 4. The first kappa shape index (κ1) is 16.5. The van der Waals surface area contributed by atoms with E-state index in [-0.39, 0.29) is 19.1 Å². The highest BCUT2D eigenvalue weighted by atomic mass is 16.3. The van der Waals surface area contributed by atoms with Crippen molar-refractivity contribution < 1.29 is 9.90 Å². The van der Waals surface area contributed by atoms with E-state index in [9.17, 15) is 4.79 Å². The Bertz CT molecular complexity index is 404. The summed E-state index contributed by atoms with van der Waals surface area (Å²) in [5.41, 5.74) is 7.30. The van der Waals surface area contributed by atoms with Crippen LogP contribution >= 0.6 is 0 Å². The zero-order chi connectivity index (χ0) is 15.0. The zero-order valence-electron chi connectivity index (χ0n) is 12.2. The van der Waals surface area contributed by atoms with Gasteiger partial charge < -0.3 is 21.5 Å². The number of nitrogens with two attached hydrogens (primary N) is 1. The molecule has 0 aliphatic heterocycles. The van der Waals surface area contributed by atoms with E-state index in [1.165, 1.54) is 0 Å². The first-order chi connectivity index (χ1) is 9.58. The van der Waals surface area contributed by atoms with Gasteiger partial charge in [-0.2, -0.15) is 0 Å². The summed E-state index contributed by atoms with van der Waals surface area (Å²) in [7, 11) is 0. The highest BCUT2D eigenvalue weighted by Crippen LogP contribution is 2.13. The van der Waals surface area contributed by atoms with E-state index in [2.05, 4.69) is 24.5 Å². The van der Waals surface area contributed by atoms with E-state index in [0.717, 1.165) is 12.2 Å². The molecule has 0 aliphatic carbocycles. The molecule has 0 radical (unpaired) electrons. The standard InChI is InChI=1S/C15H25N3O2/c1-11(2)13(9-16)10-18-14-5-3-12(4-6-14)15(20)17-7-8-19/h3-6,11,13,18-19H,7-10,16H2,1-2H3,(H,17,20). The van der Waals surface area contributed by atoms with Crippen LogP contribution in [-0.4, -0.2) is 37.3 Å². The summed E-state index contributed by atoms with van der Waals surface area (Å²) >= 11 is 0. The molecule has 0 aromatic heterocycles. The van der Waals surface area contributed by atoms with E-state index >= 15 is 0 Å². The molecule has 0 aliphatic rings. The summed E-state index contributed by atoms with van der Waals surface area (Å²) in [4.78, 5) is 11.7. The summed E-state index contributed by atoms with van der Waals surface area (Å²) < 4.78 is 0. The fraction of sp³-hybridized carbons (Fsp3) is 0.533. The molecular formula is C15H25N3O2. The molecule has 0 bridgehead atoms. The topological polar surface area (TPSA) is 87.4 Å². The smallest absolute Gasteiger partial charge is 0.251 e. The maximum atomic E-state index is 11.7. The minimum absolute atomic E-state index is 0.0545. The average molecular weight is 279 g/mol. The molecule has 5 heteroatoms. The van der Waals surface area contributed by atoms with Crippen molar-refractivity contribution in [2.45, 2.75) is 13.8 Å². The van der Waals surface area contributed by atoms with Crippen LogP contribution in [0.25, 0.3) is 0 Å². The van der Waals surface area contributed by atoms with E-state index in [4.69, 9.17) is 10.8 Å². The van der Waals surface area contributed by atoms with Crippen molar-refractivity contribution in [3.05, 3.63) is 29.8 Å². The molecule has 1 rings (SSSR count). The number of hydrogen-bond acceptors (Lipinski definition) is 4. The molecule has 1 unspecified atom stereocenters. The van der Waals surface area contributed by atoms with Crippen LogP contribution in [0.5, 0.6) is 0 Å². The van der Waals surface area contributed by atoms with Crippen molar-refractivity contribution in [3.63, 3.8) is 0 Å². The normalized spacial score (nSPS) is 12.2. The average Bonchev–Trinajstić information content (AvgIpc) is 2.45. The van der Waals surface area contributed by atoms with Gasteiger partial charge in [-0.25, -0.2) is 0 Å². The third-order valence-corrected chi connectivity index (χ3v) is 3.36. The van der Waals surface area contributed by atoms with Gasteiger partial charge in [-0.3, -0.25) is 4.79 Å². The van der Waals surface area contributed by atoms with Crippen LogP contribution in [0.1, 0.15) is 24.2 Å². The van der Waals surface area contributed by atoms with Crippen molar-refractivity contribution >= 4 is 11.6 Å². The van der Waals surface area contributed by atoms with Crippen LogP contribution in [0.2, 0.25) is 0 Å². The van der Waals surface area contributed by atoms with Crippen LogP contribution in [-0.2, 0) is 0 Å². The molecule has 1 aromatic carbocycles. The van der Waals surface area contributed by atoms with Crippen LogP contribution in [0, 0.1) is 11.8 Å². The van der Waals surface area contributed by atoms with Gasteiger partial charge in [0.25, 0.3) is 5.91 Å². The first-order valence-electron chi connectivity index (χ1n) is 7.01. The molecule has 1 amide bonds. The van der Waals surface area contributed by atoms with Crippen molar-refractivity contribution in [1.82, 2.24) is 5.32 Å². The number of aliphatic hydroxyl groups is 1. The van der Waals surface area contributed by atoms with Gasteiger partial charge >= 0.3 is 0 Å². The molecule has 1 aromatic rings. The highest BCUT2D eigenvalue weighted by Gasteiger charge is 2.11. The van der Waals surface area contributed by atoms with Crippen molar-refractivity contribution in [2.24, 2.45) is 17.6 Å². The van der Waals surface area contributed by atoms with E-state index in [0.29, 0.717) is 23.9 Å². The van der Waals surface area contributed by atoms with Gasteiger partial charge in [0, 0.05) is 24.3 Å². The minimum atomic E-state index is -0.174. The fourth-order valence-electron chi connectivity index (χ4n) is 1.85. The Balaban J connectivity index is 2.52. The highest BCUT2D eigenvalue weighted by molar-refractivity contribution is 5.94. The first-order valence-corrected chi connectivity index (χ1v) is 7.01.